The van der Waals surface area contributed by atoms with Crippen LogP contribution in [0, 0.1) is 13.8 Å². The predicted octanol–water partition coefficient (Wildman–Crippen LogP) is 3.01. The summed E-state index contributed by atoms with van der Waals surface area (Å²) in [6.45, 7) is 4.09. The molecule has 0 radical (unpaired) electrons. The van der Waals surface area contributed by atoms with Gasteiger partial charge in [0.1, 0.15) is 11.0 Å². The van der Waals surface area contributed by atoms with Crippen LogP contribution in [0.2, 0.25) is 0 Å². The van der Waals surface area contributed by atoms with Crippen LogP contribution < -0.4 is 5.32 Å². The van der Waals surface area contributed by atoms with Crippen molar-refractivity contribution in [3.05, 3.63) is 47.5 Å². The Balaban J connectivity index is 1.46. The van der Waals surface area contributed by atoms with Crippen molar-refractivity contribution in [2.24, 2.45) is 0 Å². The molecule has 0 fully saturated rings. The lowest BCUT2D eigenvalue weighted by molar-refractivity contribution is -0.113. The minimum Gasteiger partial charge on any atom is -0.323 e. The van der Waals surface area contributed by atoms with Crippen LogP contribution >= 0.6 is 23.5 Å². The van der Waals surface area contributed by atoms with Crippen LogP contribution in [0.25, 0.3) is 16.7 Å². The summed E-state index contributed by atoms with van der Waals surface area (Å²) in [6.07, 6.45) is 0. The van der Waals surface area contributed by atoms with Gasteiger partial charge in [-0.2, -0.15) is 13.4 Å². The molecule has 1 amide bonds. The van der Waals surface area contributed by atoms with Gasteiger partial charge < -0.3 is 5.32 Å². The van der Waals surface area contributed by atoms with E-state index in [1.165, 1.54) is 17.3 Å². The zero-order valence-corrected chi connectivity index (χ0v) is 16.2. The zero-order chi connectivity index (χ0) is 18.8. The van der Waals surface area contributed by atoms with E-state index in [9.17, 15) is 4.79 Å². The summed E-state index contributed by atoms with van der Waals surface area (Å²) in [7, 11) is 0. The number of carbonyl (C=O) groups is 1. The number of aromatic nitrogens is 6. The number of fused-ring (bicyclic) bond motifs is 1. The molecule has 4 aromatic rings. The van der Waals surface area contributed by atoms with Gasteiger partial charge in [0.05, 0.1) is 28.9 Å². The highest BCUT2D eigenvalue weighted by atomic mass is 32.2. The summed E-state index contributed by atoms with van der Waals surface area (Å²) in [5.41, 5.74) is 5.34. The summed E-state index contributed by atoms with van der Waals surface area (Å²) in [4.78, 5) is 12.4. The molecule has 0 saturated carbocycles. The van der Waals surface area contributed by atoms with Crippen LogP contribution in [0.4, 0.5) is 5.69 Å². The summed E-state index contributed by atoms with van der Waals surface area (Å²) < 4.78 is 10.0. The van der Waals surface area contributed by atoms with Crippen molar-refractivity contribution in [1.29, 1.82) is 0 Å². The smallest absolute Gasteiger partial charge is 0.234 e. The van der Waals surface area contributed by atoms with Crippen LogP contribution in [0.5, 0.6) is 0 Å². The molecule has 1 N–H and O–H groups in total. The Morgan fingerprint density at radius 1 is 1.19 bits per heavy atom. The van der Waals surface area contributed by atoms with Gasteiger partial charge in [0.2, 0.25) is 11.1 Å². The maximum Gasteiger partial charge on any atom is 0.234 e. The number of rotatable bonds is 5. The van der Waals surface area contributed by atoms with E-state index in [-0.39, 0.29) is 11.7 Å². The number of tetrazole rings is 1. The van der Waals surface area contributed by atoms with Gasteiger partial charge in [-0.15, -0.1) is 5.10 Å². The first-order chi connectivity index (χ1) is 13.1. The molecule has 0 atom stereocenters. The molecule has 0 aliphatic carbocycles. The van der Waals surface area contributed by atoms with Crippen molar-refractivity contribution in [3.8, 4) is 5.69 Å². The first-order valence-corrected chi connectivity index (χ1v) is 9.83. The molecule has 2 aromatic heterocycles. The van der Waals surface area contributed by atoms with Crippen molar-refractivity contribution in [2.45, 2.75) is 19.0 Å². The molecule has 8 nitrogen and oxygen atoms in total. The maximum atomic E-state index is 12.4. The van der Waals surface area contributed by atoms with E-state index in [0.717, 1.165) is 28.5 Å². The first kappa shape index (κ1) is 17.6. The SMILES string of the molecule is Cc1ccc(-n2nnnc2SCC(=O)Nc2cccc3nsnc23)cc1C. The van der Waals surface area contributed by atoms with Crippen molar-refractivity contribution < 1.29 is 4.79 Å². The van der Waals surface area contributed by atoms with E-state index >= 15 is 0 Å². The standard InChI is InChI=1S/C17H15N7OS2/c1-10-6-7-12(8-11(10)2)24-17(19-22-23-24)26-9-15(25)18-13-4-3-5-14-16(13)21-27-20-14/h3-8H,9H2,1-2H3,(H,18,25). The Morgan fingerprint density at radius 2 is 2.07 bits per heavy atom. The minimum absolute atomic E-state index is 0.157. The van der Waals surface area contributed by atoms with Crippen molar-refractivity contribution in [2.75, 3.05) is 11.1 Å². The highest BCUT2D eigenvalue weighted by Gasteiger charge is 2.13. The van der Waals surface area contributed by atoms with Crippen LogP contribution in [-0.4, -0.2) is 40.6 Å². The third-order valence-electron chi connectivity index (χ3n) is 4.07. The molecule has 0 unspecified atom stereocenters. The lowest BCUT2D eigenvalue weighted by Gasteiger charge is -2.07. The molecule has 0 aliphatic heterocycles. The van der Waals surface area contributed by atoms with E-state index in [2.05, 4.69) is 36.5 Å². The Kier molecular flexibility index (Phi) is 4.82. The number of benzene rings is 2. The Labute approximate surface area is 163 Å². The van der Waals surface area contributed by atoms with Gasteiger partial charge in [-0.3, -0.25) is 4.79 Å². The summed E-state index contributed by atoms with van der Waals surface area (Å²) in [5.74, 6) is 0.0225. The van der Waals surface area contributed by atoms with E-state index < -0.39 is 0 Å². The Hall–Kier alpha value is -2.85. The lowest BCUT2D eigenvalue weighted by Crippen LogP contribution is -2.15. The molecule has 2 heterocycles. The number of nitrogens with one attached hydrogen (secondary N) is 1. The van der Waals surface area contributed by atoms with Gasteiger partial charge in [-0.25, -0.2) is 0 Å². The fraction of sp³-hybridized carbons (Fsp3) is 0.176. The van der Waals surface area contributed by atoms with Crippen molar-refractivity contribution in [3.63, 3.8) is 0 Å². The van der Waals surface area contributed by atoms with Gasteiger partial charge in [-0.1, -0.05) is 23.9 Å². The van der Waals surface area contributed by atoms with Gasteiger partial charge in [0.25, 0.3) is 0 Å². The number of thioether (sulfide) groups is 1. The molecule has 0 spiro atoms. The summed E-state index contributed by atoms with van der Waals surface area (Å²) in [5, 5.41) is 15.2. The van der Waals surface area contributed by atoms with Gasteiger partial charge in [0.15, 0.2) is 0 Å². The normalized spacial score (nSPS) is 11.0. The monoisotopic (exact) mass is 397 g/mol. The second-order valence-electron chi connectivity index (χ2n) is 5.92. The third-order valence-corrected chi connectivity index (χ3v) is 5.53. The van der Waals surface area contributed by atoms with E-state index in [4.69, 9.17) is 0 Å². The lowest BCUT2D eigenvalue weighted by atomic mass is 10.1. The topological polar surface area (TPSA) is 98.5 Å². The predicted molar refractivity (Wildman–Crippen MR) is 105 cm³/mol. The molecule has 10 heteroatoms. The average Bonchev–Trinajstić information content (AvgIpc) is 3.32. The number of nitrogens with zero attached hydrogens (tertiary/aromatic N) is 6. The van der Waals surface area contributed by atoms with Crippen LogP contribution in [0.3, 0.4) is 0 Å². The number of amides is 1. The number of hydrogen-bond acceptors (Lipinski definition) is 8. The summed E-state index contributed by atoms with van der Waals surface area (Å²) >= 11 is 2.40. The van der Waals surface area contributed by atoms with E-state index in [1.54, 1.807) is 4.68 Å². The minimum atomic E-state index is -0.157. The third kappa shape index (κ3) is 3.67. The fourth-order valence-electron chi connectivity index (χ4n) is 2.51. The molecule has 0 aliphatic rings. The number of carbonyl (C=O) groups excluding carboxylic acids is 1. The van der Waals surface area contributed by atoms with Crippen LogP contribution in [-0.2, 0) is 4.79 Å². The largest absolute Gasteiger partial charge is 0.323 e. The number of hydrogen-bond donors (Lipinski definition) is 1. The van der Waals surface area contributed by atoms with Gasteiger partial charge in [0, 0.05) is 0 Å². The number of anilines is 1. The van der Waals surface area contributed by atoms with Crippen molar-refractivity contribution in [1.82, 2.24) is 29.0 Å². The van der Waals surface area contributed by atoms with Crippen molar-refractivity contribution >= 4 is 46.1 Å². The maximum absolute atomic E-state index is 12.4. The Morgan fingerprint density at radius 3 is 2.93 bits per heavy atom. The average molecular weight is 397 g/mol. The molecule has 27 heavy (non-hydrogen) atoms. The highest BCUT2D eigenvalue weighted by molar-refractivity contribution is 7.99. The molecule has 136 valence electrons. The second kappa shape index (κ2) is 7.41. The molecule has 0 saturated heterocycles. The summed E-state index contributed by atoms with van der Waals surface area (Å²) in [6, 6.07) is 11.5. The number of aryl methyl sites for hydroxylation is 2. The Bertz CT molecular complexity index is 1120. The molecule has 0 bridgehead atoms. The first-order valence-electron chi connectivity index (χ1n) is 8.12. The quantitative estimate of drug-likeness (QED) is 0.517. The molecule has 4 rings (SSSR count). The van der Waals surface area contributed by atoms with Gasteiger partial charge in [-0.05, 0) is 59.7 Å². The van der Waals surface area contributed by atoms with Gasteiger partial charge >= 0.3 is 0 Å². The molecule has 2 aromatic carbocycles. The van der Waals surface area contributed by atoms with E-state index in [0.29, 0.717) is 16.4 Å². The fourth-order valence-corrected chi connectivity index (χ4v) is 3.75. The van der Waals surface area contributed by atoms with Crippen LogP contribution in [0.1, 0.15) is 11.1 Å². The van der Waals surface area contributed by atoms with Crippen LogP contribution in [0.15, 0.2) is 41.6 Å². The zero-order valence-electron chi connectivity index (χ0n) is 14.6. The molecular formula is C17H15N7OS2. The molecular weight excluding hydrogens is 382 g/mol. The highest BCUT2D eigenvalue weighted by Crippen LogP contribution is 2.23. The second-order valence-corrected chi connectivity index (χ2v) is 7.39. The van der Waals surface area contributed by atoms with E-state index in [1.807, 2.05) is 43.3 Å².